The maximum Gasteiger partial charge on any atom is 0.263 e. The van der Waals surface area contributed by atoms with Gasteiger partial charge in [0.2, 0.25) is 5.95 Å². The Morgan fingerprint density at radius 3 is 2.32 bits per heavy atom. The van der Waals surface area contributed by atoms with Gasteiger partial charge in [-0.05, 0) is 61.9 Å². The molecule has 0 radical (unpaired) electrons. The van der Waals surface area contributed by atoms with E-state index in [0.717, 1.165) is 22.6 Å². The van der Waals surface area contributed by atoms with Crippen molar-refractivity contribution in [1.29, 1.82) is 0 Å². The predicted octanol–water partition coefficient (Wildman–Crippen LogP) is 4.56. The number of para-hydroxylation sites is 2. The quantitative estimate of drug-likeness (QED) is 0.409. The van der Waals surface area contributed by atoms with Crippen LogP contribution >= 0.6 is 0 Å². The number of nitrogens with one attached hydrogen (secondary N) is 2. The first-order valence-electron chi connectivity index (χ1n) is 12.0. The zero-order chi connectivity index (χ0) is 25.8. The molecule has 0 aliphatic carbocycles. The molecule has 0 spiro atoms. The first-order chi connectivity index (χ1) is 18.0. The Kier molecular flexibility index (Phi) is 6.81. The molecule has 0 saturated heterocycles. The SMILES string of the molecule is Cc1cc(C)nc(Nc2ccc(C(=O)N3C[C@@H](C(=O)NCc4ccccc4)Oc4ccccc43)cc2)n1. The monoisotopic (exact) mass is 493 g/mol. The molecule has 8 heteroatoms. The van der Waals surface area contributed by atoms with Crippen molar-refractivity contribution < 1.29 is 14.3 Å². The number of hydrogen-bond acceptors (Lipinski definition) is 6. The highest BCUT2D eigenvalue weighted by Crippen LogP contribution is 2.34. The molecule has 2 heterocycles. The summed E-state index contributed by atoms with van der Waals surface area (Å²) in [4.78, 5) is 36.9. The number of anilines is 3. The van der Waals surface area contributed by atoms with Crippen LogP contribution in [0.3, 0.4) is 0 Å². The Morgan fingerprint density at radius 2 is 1.59 bits per heavy atom. The van der Waals surface area contributed by atoms with Crippen LogP contribution in [0.25, 0.3) is 0 Å². The van der Waals surface area contributed by atoms with E-state index in [4.69, 9.17) is 4.74 Å². The molecule has 0 bridgehead atoms. The third-order valence-electron chi connectivity index (χ3n) is 5.99. The maximum absolute atomic E-state index is 13.6. The first-order valence-corrected chi connectivity index (χ1v) is 12.0. The molecule has 37 heavy (non-hydrogen) atoms. The predicted molar refractivity (Wildman–Crippen MR) is 142 cm³/mol. The number of carbonyl (C=O) groups excluding carboxylic acids is 2. The summed E-state index contributed by atoms with van der Waals surface area (Å²) in [6.45, 7) is 4.31. The second kappa shape index (κ2) is 10.5. The van der Waals surface area contributed by atoms with Gasteiger partial charge in [-0.1, -0.05) is 42.5 Å². The second-order valence-electron chi connectivity index (χ2n) is 8.87. The molecule has 0 fully saturated rings. The smallest absolute Gasteiger partial charge is 0.263 e. The van der Waals surface area contributed by atoms with Gasteiger partial charge in [0.15, 0.2) is 6.10 Å². The van der Waals surface area contributed by atoms with Crippen LogP contribution in [0.15, 0.2) is 84.9 Å². The van der Waals surface area contributed by atoms with Crippen LogP contribution in [-0.4, -0.2) is 34.4 Å². The zero-order valence-corrected chi connectivity index (χ0v) is 20.6. The molecule has 186 valence electrons. The molecule has 1 aliphatic rings. The molecule has 2 N–H and O–H groups in total. The average molecular weight is 494 g/mol. The van der Waals surface area contributed by atoms with Gasteiger partial charge in [-0.25, -0.2) is 9.97 Å². The Labute approximate surface area is 215 Å². The Bertz CT molecular complexity index is 1400. The molecule has 0 saturated carbocycles. The molecule has 1 aliphatic heterocycles. The lowest BCUT2D eigenvalue weighted by atomic mass is 10.1. The molecule has 1 atom stereocenters. The number of nitrogens with zero attached hydrogens (tertiary/aromatic N) is 3. The van der Waals surface area contributed by atoms with Crippen LogP contribution in [-0.2, 0) is 11.3 Å². The van der Waals surface area contributed by atoms with Gasteiger partial charge in [0.1, 0.15) is 5.75 Å². The van der Waals surface area contributed by atoms with E-state index in [1.54, 1.807) is 23.1 Å². The highest BCUT2D eigenvalue weighted by molar-refractivity contribution is 6.08. The first kappa shape index (κ1) is 24.0. The normalized spacial score (nSPS) is 14.3. The second-order valence-corrected chi connectivity index (χ2v) is 8.87. The fourth-order valence-corrected chi connectivity index (χ4v) is 4.23. The topological polar surface area (TPSA) is 96.5 Å². The number of hydrogen-bond donors (Lipinski definition) is 2. The Hall–Kier alpha value is -4.72. The molecule has 2 amide bonds. The van der Waals surface area contributed by atoms with E-state index < -0.39 is 6.10 Å². The van der Waals surface area contributed by atoms with E-state index >= 15 is 0 Å². The summed E-state index contributed by atoms with van der Waals surface area (Å²) >= 11 is 0. The number of aryl methyl sites for hydroxylation is 2. The number of ether oxygens (including phenoxy) is 1. The Morgan fingerprint density at radius 1 is 0.919 bits per heavy atom. The van der Waals surface area contributed by atoms with Crippen LogP contribution in [0.5, 0.6) is 5.75 Å². The van der Waals surface area contributed by atoms with Crippen LogP contribution in [0.2, 0.25) is 0 Å². The largest absolute Gasteiger partial charge is 0.477 e. The number of aromatic nitrogens is 2. The van der Waals surface area contributed by atoms with E-state index in [1.807, 2.05) is 80.6 Å². The molecule has 8 nitrogen and oxygen atoms in total. The van der Waals surface area contributed by atoms with Crippen molar-refractivity contribution in [3.05, 3.63) is 107 Å². The van der Waals surface area contributed by atoms with Gasteiger partial charge in [-0.3, -0.25) is 9.59 Å². The van der Waals surface area contributed by atoms with Crippen molar-refractivity contribution in [2.24, 2.45) is 0 Å². The van der Waals surface area contributed by atoms with Gasteiger partial charge in [-0.15, -0.1) is 0 Å². The van der Waals surface area contributed by atoms with Crippen molar-refractivity contribution in [3.63, 3.8) is 0 Å². The van der Waals surface area contributed by atoms with Gasteiger partial charge in [-0.2, -0.15) is 0 Å². The van der Waals surface area contributed by atoms with E-state index in [-0.39, 0.29) is 18.4 Å². The summed E-state index contributed by atoms with van der Waals surface area (Å²) in [5.41, 5.74) is 4.62. The number of fused-ring (bicyclic) bond motifs is 1. The number of benzene rings is 3. The minimum atomic E-state index is -0.829. The van der Waals surface area contributed by atoms with Gasteiger partial charge < -0.3 is 20.3 Å². The summed E-state index contributed by atoms with van der Waals surface area (Å²) in [5, 5.41) is 6.09. The van der Waals surface area contributed by atoms with E-state index in [9.17, 15) is 9.59 Å². The maximum atomic E-state index is 13.6. The lowest BCUT2D eigenvalue weighted by molar-refractivity contribution is -0.127. The molecule has 3 aromatic carbocycles. The minimum Gasteiger partial charge on any atom is -0.477 e. The summed E-state index contributed by atoms with van der Waals surface area (Å²) < 4.78 is 5.97. The van der Waals surface area contributed by atoms with Crippen LogP contribution in [0.1, 0.15) is 27.3 Å². The number of carbonyl (C=O) groups is 2. The molecular formula is C29H27N5O3. The van der Waals surface area contributed by atoms with Gasteiger partial charge >= 0.3 is 0 Å². The average Bonchev–Trinajstić information content (AvgIpc) is 2.91. The Balaban J connectivity index is 1.32. The van der Waals surface area contributed by atoms with E-state index in [2.05, 4.69) is 20.6 Å². The third-order valence-corrected chi connectivity index (χ3v) is 5.99. The molecule has 1 aromatic heterocycles. The van der Waals surface area contributed by atoms with Crippen molar-refractivity contribution in [3.8, 4) is 5.75 Å². The van der Waals surface area contributed by atoms with Crippen LogP contribution in [0, 0.1) is 13.8 Å². The van der Waals surface area contributed by atoms with Crippen molar-refractivity contribution in [2.45, 2.75) is 26.5 Å². The minimum absolute atomic E-state index is 0.104. The summed E-state index contributed by atoms with van der Waals surface area (Å²) in [6, 6.07) is 25.9. The van der Waals surface area contributed by atoms with Gasteiger partial charge in [0.25, 0.3) is 11.8 Å². The molecule has 0 unspecified atom stereocenters. The van der Waals surface area contributed by atoms with Crippen LogP contribution in [0.4, 0.5) is 17.3 Å². The fraction of sp³-hybridized carbons (Fsp3) is 0.172. The summed E-state index contributed by atoms with van der Waals surface area (Å²) in [5.74, 6) is 0.505. The highest BCUT2D eigenvalue weighted by Gasteiger charge is 2.34. The van der Waals surface area contributed by atoms with Gasteiger partial charge in [0, 0.05) is 29.2 Å². The van der Waals surface area contributed by atoms with Crippen LogP contribution < -0.4 is 20.3 Å². The van der Waals surface area contributed by atoms with Gasteiger partial charge in [0.05, 0.1) is 12.2 Å². The lowest BCUT2D eigenvalue weighted by Gasteiger charge is -2.34. The molecular weight excluding hydrogens is 466 g/mol. The van der Waals surface area contributed by atoms with Crippen molar-refractivity contribution >= 4 is 29.1 Å². The summed E-state index contributed by atoms with van der Waals surface area (Å²) in [7, 11) is 0. The lowest BCUT2D eigenvalue weighted by Crippen LogP contribution is -2.50. The van der Waals surface area contributed by atoms with Crippen molar-refractivity contribution in [2.75, 3.05) is 16.8 Å². The van der Waals surface area contributed by atoms with E-state index in [0.29, 0.717) is 29.5 Å². The summed E-state index contributed by atoms with van der Waals surface area (Å²) in [6.07, 6.45) is -0.829. The number of amides is 2. The third kappa shape index (κ3) is 5.59. The zero-order valence-electron chi connectivity index (χ0n) is 20.6. The van der Waals surface area contributed by atoms with Crippen molar-refractivity contribution in [1.82, 2.24) is 15.3 Å². The standard InChI is InChI=1S/C29H27N5O3/c1-19-16-20(2)32-29(31-19)33-23-14-12-22(13-15-23)28(36)34-18-26(37-25-11-7-6-10-24(25)34)27(35)30-17-21-8-4-3-5-9-21/h3-16,26H,17-18H2,1-2H3,(H,30,35)(H,31,32,33)/t26-/m0/s1. The fourth-order valence-electron chi connectivity index (χ4n) is 4.23. The molecule has 5 rings (SSSR count). The highest BCUT2D eigenvalue weighted by atomic mass is 16.5. The molecule has 4 aromatic rings. The number of rotatable bonds is 6. The van der Waals surface area contributed by atoms with E-state index in [1.165, 1.54) is 0 Å².